The summed E-state index contributed by atoms with van der Waals surface area (Å²) in [7, 11) is 0. The van der Waals surface area contributed by atoms with Crippen LogP contribution in [0.25, 0.3) is 0 Å². The Morgan fingerprint density at radius 1 is 1.19 bits per heavy atom. The average molecular weight is 515 g/mol. The quantitative estimate of drug-likeness (QED) is 0.373. The summed E-state index contributed by atoms with van der Waals surface area (Å²) >= 11 is 0. The fourth-order valence-electron chi connectivity index (χ4n) is 5.89. The van der Waals surface area contributed by atoms with Gasteiger partial charge in [-0.3, -0.25) is 14.8 Å². The number of fused-ring (bicyclic) bond motifs is 1. The van der Waals surface area contributed by atoms with E-state index in [1.165, 1.54) is 6.20 Å². The maximum atomic E-state index is 13.3. The first kappa shape index (κ1) is 26.9. The van der Waals surface area contributed by atoms with E-state index in [4.69, 9.17) is 16.1 Å². The van der Waals surface area contributed by atoms with E-state index in [2.05, 4.69) is 9.88 Å². The lowest BCUT2D eigenvalue weighted by atomic mass is 9.96. The van der Waals surface area contributed by atoms with Gasteiger partial charge in [0.25, 0.3) is 6.43 Å². The van der Waals surface area contributed by atoms with Gasteiger partial charge in [-0.05, 0) is 44.1 Å². The smallest absolute Gasteiger partial charge is 0.383 e. The number of nitrogens with zero attached hydrogens (tertiary/aromatic N) is 4. The zero-order valence-electron chi connectivity index (χ0n) is 20.7. The number of nitrogens with one attached hydrogen (secondary N) is 1. The molecule has 6 nitrogen and oxygen atoms in total. The number of hydrogen-bond donors (Lipinski definition) is 2. The number of nitrogens with two attached hydrogens (primary N) is 1. The molecule has 3 fully saturated rings. The van der Waals surface area contributed by atoms with Gasteiger partial charge in [-0.25, -0.2) is 13.8 Å². The van der Waals surface area contributed by atoms with Crippen molar-refractivity contribution < 1.29 is 22.0 Å². The van der Waals surface area contributed by atoms with Crippen LogP contribution in [0.2, 0.25) is 0 Å². The zero-order valence-corrected chi connectivity index (χ0v) is 20.7. The molecule has 3 unspecified atom stereocenters. The minimum absolute atomic E-state index is 0.0618. The number of hydrogen-bond acceptors (Lipinski definition) is 6. The Morgan fingerprint density at radius 2 is 1.83 bits per heavy atom. The van der Waals surface area contributed by atoms with Gasteiger partial charge in [-0.1, -0.05) is 6.92 Å². The Kier molecular flexibility index (Phi) is 7.99. The van der Waals surface area contributed by atoms with Crippen molar-refractivity contribution in [3.8, 4) is 0 Å². The van der Waals surface area contributed by atoms with Gasteiger partial charge >= 0.3 is 6.18 Å². The number of anilines is 1. The van der Waals surface area contributed by atoms with Crippen LogP contribution in [0.3, 0.4) is 0 Å². The second-order valence-corrected chi connectivity index (χ2v) is 10.4. The molecule has 3 N–H and O–H groups in total. The Bertz CT molecular complexity index is 960. The Hall–Kier alpha value is -2.14. The number of nitrogen functional groups attached to an aromatic ring is 1. The van der Waals surface area contributed by atoms with Crippen LogP contribution in [0.4, 0.5) is 27.8 Å². The van der Waals surface area contributed by atoms with Gasteiger partial charge in [0, 0.05) is 73.8 Å². The molecule has 0 bridgehead atoms. The highest BCUT2D eigenvalue weighted by molar-refractivity contribution is 6.12. The van der Waals surface area contributed by atoms with E-state index < -0.39 is 24.0 Å². The average Bonchev–Trinajstić information content (AvgIpc) is 3.30. The minimum Gasteiger partial charge on any atom is -0.383 e. The molecule has 0 radical (unpaired) electrons. The van der Waals surface area contributed by atoms with Crippen molar-refractivity contribution in [3.63, 3.8) is 0 Å². The molecule has 0 aromatic carbocycles. The van der Waals surface area contributed by atoms with Gasteiger partial charge < -0.3 is 11.1 Å². The van der Waals surface area contributed by atoms with Crippen LogP contribution >= 0.6 is 0 Å². The minimum atomic E-state index is -4.63. The van der Waals surface area contributed by atoms with Gasteiger partial charge in [0.05, 0.1) is 12.1 Å². The van der Waals surface area contributed by atoms with E-state index in [1.807, 2.05) is 18.7 Å². The van der Waals surface area contributed by atoms with E-state index in [1.54, 1.807) is 0 Å². The monoisotopic (exact) mass is 514 g/mol. The highest BCUT2D eigenvalue weighted by Crippen LogP contribution is 2.59. The Morgan fingerprint density at radius 3 is 2.39 bits per heavy atom. The van der Waals surface area contributed by atoms with Crippen LogP contribution in [0.5, 0.6) is 0 Å². The van der Waals surface area contributed by atoms with E-state index in [9.17, 15) is 22.0 Å². The Labute approximate surface area is 208 Å². The molecular weight excluding hydrogens is 479 g/mol. The molecule has 200 valence electrons. The number of alkyl halides is 5. The third kappa shape index (κ3) is 6.04. The topological polar surface area (TPSA) is 81.6 Å². The van der Waals surface area contributed by atoms with E-state index >= 15 is 0 Å². The molecule has 2 saturated carbocycles. The lowest BCUT2D eigenvalue weighted by Crippen LogP contribution is -2.51. The Balaban J connectivity index is 1.39. The van der Waals surface area contributed by atoms with Crippen molar-refractivity contribution in [2.24, 2.45) is 22.7 Å². The molecule has 1 aliphatic heterocycles. The predicted molar refractivity (Wildman–Crippen MR) is 130 cm³/mol. The summed E-state index contributed by atoms with van der Waals surface area (Å²) < 4.78 is 65.2. The molecule has 0 amide bonds. The predicted octanol–water partition coefficient (Wildman–Crippen LogP) is 4.59. The summed E-state index contributed by atoms with van der Waals surface area (Å²) in [5.41, 5.74) is 5.47. The lowest BCUT2D eigenvalue weighted by Gasteiger charge is -2.38. The molecule has 3 atom stereocenters. The van der Waals surface area contributed by atoms with Crippen molar-refractivity contribution in [2.45, 2.75) is 64.2 Å². The fraction of sp³-hybridized carbons (Fsp3) is 0.720. The molecule has 1 aromatic rings. The van der Waals surface area contributed by atoms with Crippen molar-refractivity contribution in [2.75, 3.05) is 38.5 Å². The molecule has 36 heavy (non-hydrogen) atoms. The van der Waals surface area contributed by atoms with Crippen molar-refractivity contribution in [3.05, 3.63) is 23.4 Å². The lowest BCUT2D eigenvalue weighted by molar-refractivity contribution is -0.137. The van der Waals surface area contributed by atoms with E-state index in [0.717, 1.165) is 44.1 Å². The van der Waals surface area contributed by atoms with Gasteiger partial charge in [0.2, 0.25) is 0 Å². The number of aliphatic imine (C=N–C) groups is 1. The second kappa shape index (κ2) is 10.7. The van der Waals surface area contributed by atoms with Crippen LogP contribution in [0.1, 0.15) is 50.7 Å². The van der Waals surface area contributed by atoms with Crippen molar-refractivity contribution >= 4 is 17.2 Å². The van der Waals surface area contributed by atoms with Gasteiger partial charge in [-0.15, -0.1) is 0 Å². The first-order chi connectivity index (χ1) is 17.0. The molecule has 2 aliphatic carbocycles. The first-order valence-corrected chi connectivity index (χ1v) is 12.7. The summed E-state index contributed by atoms with van der Waals surface area (Å²) in [4.78, 5) is 12.8. The second-order valence-electron chi connectivity index (χ2n) is 10.4. The first-order valence-electron chi connectivity index (χ1n) is 12.7. The number of rotatable bonds is 9. The van der Waals surface area contributed by atoms with Crippen molar-refractivity contribution in [1.29, 1.82) is 5.41 Å². The fourth-order valence-corrected chi connectivity index (χ4v) is 5.89. The molecule has 1 saturated heterocycles. The largest absolute Gasteiger partial charge is 0.419 e. The van der Waals surface area contributed by atoms with Gasteiger partial charge in [-0.2, -0.15) is 13.2 Å². The molecule has 3 aliphatic rings. The van der Waals surface area contributed by atoms with Crippen LogP contribution in [0, 0.1) is 23.2 Å². The summed E-state index contributed by atoms with van der Waals surface area (Å²) in [6, 6.07) is 1.41. The molecule has 2 heterocycles. The number of aromatic nitrogens is 1. The third-order valence-corrected chi connectivity index (χ3v) is 8.03. The summed E-state index contributed by atoms with van der Waals surface area (Å²) in [5, 5.41) is 8.53. The van der Waals surface area contributed by atoms with Crippen LogP contribution in [0.15, 0.2) is 17.3 Å². The highest BCUT2D eigenvalue weighted by atomic mass is 19.4. The number of halogens is 5. The summed E-state index contributed by atoms with van der Waals surface area (Å²) in [5.74, 6) is 0.574. The molecule has 11 heteroatoms. The van der Waals surface area contributed by atoms with Gasteiger partial charge in [0.1, 0.15) is 5.82 Å². The standard InChI is InChI=1S/C25H35F5N6/c1-3-14(2)34-21(11-20(31)15-8-19(25(28,29)30)24(32)33-12-15)23-17-9-16(10-18(17)23)36-6-4-35(5-7-36)13-22(26)27/h8,12,14,16-18,22-23,31H,3-7,9-11,13H2,1-2H3,(H2,32,33). The molecule has 0 spiro atoms. The van der Waals surface area contributed by atoms with Crippen molar-refractivity contribution in [1.82, 2.24) is 14.8 Å². The number of piperazine rings is 1. The molecular formula is C25H35F5N6. The normalized spacial score (nSPS) is 28.4. The van der Waals surface area contributed by atoms with Crippen LogP contribution in [-0.2, 0) is 6.18 Å². The van der Waals surface area contributed by atoms with Crippen LogP contribution < -0.4 is 5.73 Å². The van der Waals surface area contributed by atoms with Gasteiger partial charge in [0.15, 0.2) is 0 Å². The number of pyridine rings is 1. The van der Waals surface area contributed by atoms with Crippen LogP contribution in [-0.4, -0.2) is 77.4 Å². The zero-order chi connectivity index (χ0) is 26.2. The highest BCUT2D eigenvalue weighted by Gasteiger charge is 2.58. The molecule has 1 aromatic heterocycles. The molecule has 4 rings (SSSR count). The summed E-state index contributed by atoms with van der Waals surface area (Å²) in [6.07, 6.45) is -2.65. The summed E-state index contributed by atoms with van der Waals surface area (Å²) in [6.45, 7) is 6.79. The van der Waals surface area contributed by atoms with E-state index in [0.29, 0.717) is 31.0 Å². The third-order valence-electron chi connectivity index (χ3n) is 8.03. The van der Waals surface area contributed by atoms with E-state index in [-0.39, 0.29) is 36.2 Å². The maximum absolute atomic E-state index is 13.3. The SMILES string of the molecule is CCC(C)N=C(CC(=N)c1cnc(N)c(C(F)(F)F)c1)C1C2CC(N3CCN(CC(F)F)CC3)CC21. The maximum Gasteiger partial charge on any atom is 0.419 e.